The van der Waals surface area contributed by atoms with Gasteiger partial charge in [0.1, 0.15) is 12.1 Å². The number of carbonyl (C=O) groups is 3. The van der Waals surface area contributed by atoms with Crippen molar-refractivity contribution >= 4 is 44.9 Å². The molecule has 0 radical (unpaired) electrons. The van der Waals surface area contributed by atoms with Crippen molar-refractivity contribution in [2.45, 2.75) is 49.6 Å². The van der Waals surface area contributed by atoms with E-state index in [0.717, 1.165) is 11.3 Å². The molecular weight excluding hydrogens is 708 g/mol. The molecule has 1 aromatic heterocycles. The molecule has 3 aromatic carbocycles. The predicted octanol–water partition coefficient (Wildman–Crippen LogP) is 2.74. The molecular formula is C34H36F3N7O5S2. The molecule has 3 atom stereocenters. The van der Waals surface area contributed by atoms with Gasteiger partial charge in [-0.15, -0.1) is 11.3 Å². The summed E-state index contributed by atoms with van der Waals surface area (Å²) in [6, 6.07) is 13.8. The third-order valence-corrected chi connectivity index (χ3v) is 9.60. The highest BCUT2D eigenvalue weighted by atomic mass is 32.2. The van der Waals surface area contributed by atoms with Crippen LogP contribution in [0.4, 0.5) is 13.2 Å². The number of aliphatic imine (C=N–C) groups is 1. The highest BCUT2D eigenvalue weighted by Gasteiger charge is 2.32. The molecule has 17 heteroatoms. The second-order valence-corrected chi connectivity index (χ2v) is 14.1. The molecule has 0 saturated heterocycles. The summed E-state index contributed by atoms with van der Waals surface area (Å²) in [7, 11) is -4.14. The van der Waals surface area contributed by atoms with Crippen molar-refractivity contribution in [1.82, 2.24) is 20.3 Å². The van der Waals surface area contributed by atoms with Gasteiger partial charge in [0, 0.05) is 24.5 Å². The van der Waals surface area contributed by atoms with Gasteiger partial charge in [-0.3, -0.25) is 19.4 Å². The summed E-state index contributed by atoms with van der Waals surface area (Å²) in [5.74, 6) is -7.86. The molecule has 7 N–H and O–H groups in total. The summed E-state index contributed by atoms with van der Waals surface area (Å²) >= 11 is 1.03. The van der Waals surface area contributed by atoms with Crippen molar-refractivity contribution in [2.75, 3.05) is 6.54 Å². The van der Waals surface area contributed by atoms with Crippen LogP contribution in [0.2, 0.25) is 0 Å². The van der Waals surface area contributed by atoms with Crippen molar-refractivity contribution in [3.8, 4) is 0 Å². The van der Waals surface area contributed by atoms with E-state index in [2.05, 4.69) is 25.3 Å². The number of nitrogens with two attached hydrogens (primary N) is 2. The van der Waals surface area contributed by atoms with Crippen LogP contribution in [0.15, 0.2) is 89.4 Å². The molecule has 4 rings (SSSR count). The third kappa shape index (κ3) is 12.0. The number of Topliss-reactive ketones (excluding diaryl/α,β-unsaturated/α-hetero) is 1. The van der Waals surface area contributed by atoms with Crippen molar-refractivity contribution in [3.63, 3.8) is 0 Å². The van der Waals surface area contributed by atoms with Crippen LogP contribution < -0.4 is 26.8 Å². The summed E-state index contributed by atoms with van der Waals surface area (Å²) in [6.45, 7) is 0.123. The summed E-state index contributed by atoms with van der Waals surface area (Å²) in [6.07, 6.45) is 0.991. The van der Waals surface area contributed by atoms with Gasteiger partial charge in [-0.1, -0.05) is 60.7 Å². The summed E-state index contributed by atoms with van der Waals surface area (Å²) in [5.41, 5.74) is 11.6. The van der Waals surface area contributed by atoms with Gasteiger partial charge in [-0.05, 0) is 48.1 Å². The van der Waals surface area contributed by atoms with E-state index < -0.39 is 75.4 Å². The zero-order valence-electron chi connectivity index (χ0n) is 27.1. The Bertz CT molecular complexity index is 1910. The number of amides is 2. The Balaban J connectivity index is 1.64. The van der Waals surface area contributed by atoms with Gasteiger partial charge in [0.15, 0.2) is 28.4 Å². The molecule has 0 aliphatic carbocycles. The van der Waals surface area contributed by atoms with Crippen LogP contribution in [0, 0.1) is 17.5 Å². The van der Waals surface area contributed by atoms with E-state index in [1.54, 1.807) is 66.0 Å². The SMILES string of the molecule is NC(N)=NCCC[C@H](NC(=O)[C@H](Cc1cc(F)c(F)c(F)c1)NC(=O)[C@@H](Cc1ccccc1)NS(=O)(=O)Cc1ccccc1)C(=O)c1nccs1. The molecule has 0 fully saturated rings. The zero-order chi connectivity index (χ0) is 37.0. The Kier molecular flexibility index (Phi) is 13.8. The van der Waals surface area contributed by atoms with Crippen LogP contribution in [0.3, 0.4) is 0 Å². The van der Waals surface area contributed by atoms with Gasteiger partial charge in [0.2, 0.25) is 27.6 Å². The van der Waals surface area contributed by atoms with Gasteiger partial charge in [-0.25, -0.2) is 31.3 Å². The van der Waals surface area contributed by atoms with Gasteiger partial charge in [0.05, 0.1) is 11.8 Å². The number of halogens is 3. The van der Waals surface area contributed by atoms with Gasteiger partial charge in [0.25, 0.3) is 0 Å². The lowest BCUT2D eigenvalue weighted by Crippen LogP contribution is -2.57. The van der Waals surface area contributed by atoms with E-state index in [-0.39, 0.29) is 42.3 Å². The average Bonchev–Trinajstić information content (AvgIpc) is 3.63. The minimum atomic E-state index is -4.14. The minimum absolute atomic E-state index is 0.0390. The number of benzene rings is 3. The fraction of sp³-hybridized carbons (Fsp3) is 0.265. The van der Waals surface area contributed by atoms with Crippen LogP contribution in [-0.2, 0) is 38.2 Å². The fourth-order valence-corrected chi connectivity index (χ4v) is 7.04. The molecule has 51 heavy (non-hydrogen) atoms. The van der Waals surface area contributed by atoms with Crippen LogP contribution in [-0.4, -0.2) is 61.6 Å². The summed E-state index contributed by atoms with van der Waals surface area (Å²) in [5, 5.41) is 6.72. The van der Waals surface area contributed by atoms with Crippen molar-refractivity contribution in [3.05, 3.63) is 124 Å². The summed E-state index contributed by atoms with van der Waals surface area (Å²) in [4.78, 5) is 49.1. The quantitative estimate of drug-likeness (QED) is 0.0337. The largest absolute Gasteiger partial charge is 0.370 e. The lowest BCUT2D eigenvalue weighted by molar-refractivity contribution is -0.130. The van der Waals surface area contributed by atoms with Crippen LogP contribution in [0.1, 0.15) is 39.3 Å². The van der Waals surface area contributed by atoms with Gasteiger partial charge < -0.3 is 22.1 Å². The maximum absolute atomic E-state index is 14.2. The smallest absolute Gasteiger partial charge is 0.243 e. The molecule has 2 amide bonds. The number of aromatic nitrogens is 1. The molecule has 0 saturated carbocycles. The lowest BCUT2D eigenvalue weighted by Gasteiger charge is -2.25. The highest BCUT2D eigenvalue weighted by molar-refractivity contribution is 7.88. The predicted molar refractivity (Wildman–Crippen MR) is 186 cm³/mol. The number of hydrogen-bond donors (Lipinski definition) is 5. The summed E-state index contributed by atoms with van der Waals surface area (Å²) < 4.78 is 71.2. The van der Waals surface area contributed by atoms with Crippen LogP contribution >= 0.6 is 11.3 Å². The molecule has 0 aliphatic heterocycles. The number of nitrogens with zero attached hydrogens (tertiary/aromatic N) is 2. The Labute approximate surface area is 296 Å². The van der Waals surface area contributed by atoms with E-state index in [4.69, 9.17) is 11.5 Å². The number of thiazole rings is 1. The first-order valence-electron chi connectivity index (χ1n) is 15.6. The topological polar surface area (TPSA) is 199 Å². The molecule has 4 aromatic rings. The second-order valence-electron chi connectivity index (χ2n) is 11.5. The first-order chi connectivity index (χ1) is 24.3. The van der Waals surface area contributed by atoms with Crippen molar-refractivity contribution < 1.29 is 36.0 Å². The zero-order valence-corrected chi connectivity index (χ0v) is 28.7. The van der Waals surface area contributed by atoms with E-state index in [1.807, 2.05) is 0 Å². The van der Waals surface area contributed by atoms with Gasteiger partial charge >= 0.3 is 0 Å². The Hall–Kier alpha value is -5.13. The number of hydrogen-bond acceptors (Lipinski definition) is 8. The molecule has 1 heterocycles. The molecule has 270 valence electrons. The Morgan fingerprint density at radius 1 is 0.804 bits per heavy atom. The maximum atomic E-state index is 14.2. The normalized spacial score (nSPS) is 13.1. The number of ketones is 1. The first kappa shape index (κ1) is 38.7. The lowest BCUT2D eigenvalue weighted by atomic mass is 10.0. The van der Waals surface area contributed by atoms with Crippen LogP contribution in [0.5, 0.6) is 0 Å². The molecule has 0 spiro atoms. The number of rotatable bonds is 18. The number of sulfonamides is 1. The van der Waals surface area contributed by atoms with E-state index >= 15 is 0 Å². The number of nitrogens with one attached hydrogen (secondary N) is 3. The third-order valence-electron chi connectivity index (χ3n) is 7.46. The van der Waals surface area contributed by atoms with Gasteiger partial charge in [-0.2, -0.15) is 0 Å². The standard InChI is InChI=1S/C34H36F3N7O5S2/c35-24-16-23(17-25(36)29(24)37)19-27(31(46)42-26(12-7-13-41-34(38)39)30(45)33-40-14-15-50-33)43-32(47)28(18-21-8-3-1-4-9-21)44-51(48,49)20-22-10-5-2-6-11-22/h1-6,8-11,14-17,26-28,44H,7,12-13,18-20H2,(H,42,46)(H,43,47)(H4,38,39,41)/t26-,27-,28+/m0/s1. The first-order valence-corrected chi connectivity index (χ1v) is 18.2. The highest BCUT2D eigenvalue weighted by Crippen LogP contribution is 2.17. The van der Waals surface area contributed by atoms with Crippen LogP contribution in [0.25, 0.3) is 0 Å². The molecule has 12 nitrogen and oxygen atoms in total. The monoisotopic (exact) mass is 743 g/mol. The van der Waals surface area contributed by atoms with E-state index in [0.29, 0.717) is 23.3 Å². The Morgan fingerprint density at radius 3 is 1.96 bits per heavy atom. The van der Waals surface area contributed by atoms with Crippen molar-refractivity contribution in [2.24, 2.45) is 16.5 Å². The number of carbonyl (C=O) groups excluding carboxylic acids is 3. The molecule has 0 aliphatic rings. The van der Waals surface area contributed by atoms with E-state index in [9.17, 15) is 36.0 Å². The Morgan fingerprint density at radius 2 is 1.37 bits per heavy atom. The van der Waals surface area contributed by atoms with Crippen molar-refractivity contribution in [1.29, 1.82) is 0 Å². The van der Waals surface area contributed by atoms with E-state index in [1.165, 1.54) is 6.20 Å². The average molecular weight is 744 g/mol. The minimum Gasteiger partial charge on any atom is -0.370 e. The molecule has 0 bridgehead atoms. The fourth-order valence-electron chi connectivity index (χ4n) is 5.07. The molecule has 0 unspecified atom stereocenters. The second kappa shape index (κ2) is 18.2. The number of guanidine groups is 1. The maximum Gasteiger partial charge on any atom is 0.243 e.